The van der Waals surface area contributed by atoms with Crippen LogP contribution < -0.4 is 14.4 Å². The molecule has 1 aliphatic carbocycles. The standard InChI is InChI=1S/C28H21NO7/c1-34-16-12-13-19(20(14-16)35-2)29-26(32)21-22(27(29)33)28(36-23(21)15-8-4-3-5-9-15)24(30)17-10-6-7-11-18(17)25(28)31/h3-14,21-23H,1-2H3/t21-,22+,23-/m1/s1. The number of fused-ring (bicyclic) bond motifs is 3. The predicted molar refractivity (Wildman–Crippen MR) is 127 cm³/mol. The van der Waals surface area contributed by atoms with Crippen LogP contribution in [0.5, 0.6) is 11.5 Å². The Kier molecular flexibility index (Phi) is 4.84. The first-order valence-electron chi connectivity index (χ1n) is 11.4. The molecule has 0 aromatic heterocycles. The van der Waals surface area contributed by atoms with E-state index in [2.05, 4.69) is 0 Å². The molecule has 2 saturated heterocycles. The molecule has 2 fully saturated rings. The average Bonchev–Trinajstić information content (AvgIpc) is 3.48. The minimum absolute atomic E-state index is 0.190. The largest absolute Gasteiger partial charge is 0.497 e. The summed E-state index contributed by atoms with van der Waals surface area (Å²) in [5, 5.41) is 0. The van der Waals surface area contributed by atoms with E-state index in [-0.39, 0.29) is 22.6 Å². The van der Waals surface area contributed by atoms with Crippen LogP contribution in [0.3, 0.4) is 0 Å². The smallest absolute Gasteiger partial charge is 0.241 e. The first-order chi connectivity index (χ1) is 17.4. The number of ketones is 2. The van der Waals surface area contributed by atoms with E-state index in [1.54, 1.807) is 66.7 Å². The van der Waals surface area contributed by atoms with Crippen LogP contribution in [0.15, 0.2) is 72.8 Å². The Hall–Kier alpha value is -4.30. The number of carbonyl (C=O) groups excluding carboxylic acids is 4. The summed E-state index contributed by atoms with van der Waals surface area (Å²) < 4.78 is 17.0. The Morgan fingerprint density at radius 3 is 2.03 bits per heavy atom. The molecule has 8 nitrogen and oxygen atoms in total. The molecule has 3 aromatic rings. The predicted octanol–water partition coefficient (Wildman–Crippen LogP) is 3.40. The van der Waals surface area contributed by atoms with Gasteiger partial charge in [-0.3, -0.25) is 19.2 Å². The SMILES string of the molecule is COc1ccc(N2C(=O)[C@H]3[C@@H](c4ccccc4)OC4(C(=O)c5ccccc5C4=O)[C@@H]3C2=O)c(OC)c1. The van der Waals surface area contributed by atoms with Gasteiger partial charge in [-0.2, -0.15) is 0 Å². The fraction of sp³-hybridized carbons (Fsp3) is 0.214. The van der Waals surface area contributed by atoms with Crippen molar-refractivity contribution in [2.24, 2.45) is 11.8 Å². The summed E-state index contributed by atoms with van der Waals surface area (Å²) in [6, 6.07) is 20.0. The molecule has 0 unspecified atom stereocenters. The fourth-order valence-electron chi connectivity index (χ4n) is 5.67. The van der Waals surface area contributed by atoms with Crippen LogP contribution in [0.2, 0.25) is 0 Å². The monoisotopic (exact) mass is 483 g/mol. The van der Waals surface area contributed by atoms with Crippen molar-refractivity contribution in [1.29, 1.82) is 0 Å². The first kappa shape index (κ1) is 22.2. The molecule has 180 valence electrons. The van der Waals surface area contributed by atoms with Gasteiger partial charge in [0, 0.05) is 17.2 Å². The van der Waals surface area contributed by atoms with E-state index in [0.717, 1.165) is 4.90 Å². The van der Waals surface area contributed by atoms with Crippen LogP contribution in [0.4, 0.5) is 5.69 Å². The van der Waals surface area contributed by atoms with Gasteiger partial charge in [0.2, 0.25) is 29.0 Å². The highest BCUT2D eigenvalue weighted by atomic mass is 16.5. The Balaban J connectivity index is 1.54. The third-order valence-electron chi connectivity index (χ3n) is 7.27. The number of benzene rings is 3. The molecule has 3 aromatic carbocycles. The van der Waals surface area contributed by atoms with Gasteiger partial charge in [0.15, 0.2) is 0 Å². The van der Waals surface area contributed by atoms with Gasteiger partial charge in [-0.25, -0.2) is 4.90 Å². The number of methoxy groups -OCH3 is 2. The second-order valence-corrected chi connectivity index (χ2v) is 8.94. The molecule has 0 bridgehead atoms. The molecule has 3 atom stereocenters. The van der Waals surface area contributed by atoms with Gasteiger partial charge >= 0.3 is 0 Å². The zero-order chi connectivity index (χ0) is 25.2. The second kappa shape index (κ2) is 7.86. The van der Waals surface area contributed by atoms with E-state index in [1.807, 2.05) is 6.07 Å². The van der Waals surface area contributed by atoms with Gasteiger partial charge in [0.25, 0.3) is 0 Å². The lowest BCUT2D eigenvalue weighted by molar-refractivity contribution is -0.127. The van der Waals surface area contributed by atoms with Gasteiger partial charge in [-0.15, -0.1) is 0 Å². The number of anilines is 1. The molecule has 0 N–H and O–H groups in total. The van der Waals surface area contributed by atoms with Crippen molar-refractivity contribution in [3.63, 3.8) is 0 Å². The van der Waals surface area contributed by atoms with Gasteiger partial charge < -0.3 is 14.2 Å². The summed E-state index contributed by atoms with van der Waals surface area (Å²) in [5.41, 5.74) is -0.923. The number of amides is 2. The van der Waals surface area contributed by atoms with Crippen LogP contribution in [0.1, 0.15) is 32.4 Å². The van der Waals surface area contributed by atoms with Gasteiger partial charge in [-0.1, -0.05) is 54.6 Å². The maximum absolute atomic E-state index is 14.0. The molecule has 6 rings (SSSR count). The lowest BCUT2D eigenvalue weighted by Crippen LogP contribution is -2.51. The van der Waals surface area contributed by atoms with E-state index in [4.69, 9.17) is 14.2 Å². The van der Waals surface area contributed by atoms with Crippen molar-refractivity contribution in [2.75, 3.05) is 19.1 Å². The van der Waals surface area contributed by atoms with E-state index >= 15 is 0 Å². The number of Topliss-reactive ketones (excluding diaryl/α,β-unsaturated/α-hetero) is 2. The van der Waals surface area contributed by atoms with E-state index in [1.165, 1.54) is 14.2 Å². The van der Waals surface area contributed by atoms with E-state index in [0.29, 0.717) is 11.3 Å². The van der Waals surface area contributed by atoms with Crippen molar-refractivity contribution < 1.29 is 33.4 Å². The number of hydrogen-bond donors (Lipinski definition) is 0. The maximum Gasteiger partial charge on any atom is 0.241 e. The van der Waals surface area contributed by atoms with Gasteiger partial charge in [0.1, 0.15) is 11.5 Å². The highest BCUT2D eigenvalue weighted by Gasteiger charge is 2.74. The molecule has 36 heavy (non-hydrogen) atoms. The highest BCUT2D eigenvalue weighted by molar-refractivity contribution is 6.37. The second-order valence-electron chi connectivity index (χ2n) is 8.94. The molecule has 3 aliphatic rings. The third kappa shape index (κ3) is 2.73. The molecule has 2 amide bonds. The Morgan fingerprint density at radius 1 is 0.778 bits per heavy atom. The van der Waals surface area contributed by atoms with Crippen LogP contribution in [0, 0.1) is 11.8 Å². The average molecular weight is 483 g/mol. The maximum atomic E-state index is 14.0. The lowest BCUT2D eigenvalue weighted by Gasteiger charge is -2.27. The topological polar surface area (TPSA) is 99.2 Å². The summed E-state index contributed by atoms with van der Waals surface area (Å²) in [5.74, 6) is -4.11. The van der Waals surface area contributed by atoms with Gasteiger partial charge in [-0.05, 0) is 17.7 Å². The number of rotatable bonds is 4. The molecule has 2 aliphatic heterocycles. The zero-order valence-corrected chi connectivity index (χ0v) is 19.5. The number of ether oxygens (including phenoxy) is 3. The first-order valence-corrected chi connectivity index (χ1v) is 11.4. The van der Waals surface area contributed by atoms with Crippen LogP contribution in [-0.2, 0) is 14.3 Å². The molecule has 2 heterocycles. The molecule has 0 radical (unpaired) electrons. The number of nitrogens with zero attached hydrogens (tertiary/aromatic N) is 1. The lowest BCUT2D eigenvalue weighted by atomic mass is 9.77. The summed E-state index contributed by atoms with van der Waals surface area (Å²) in [6.45, 7) is 0. The van der Waals surface area contributed by atoms with Crippen molar-refractivity contribution >= 4 is 29.1 Å². The minimum Gasteiger partial charge on any atom is -0.497 e. The molecule has 0 saturated carbocycles. The van der Waals surface area contributed by atoms with E-state index < -0.39 is 46.9 Å². The van der Waals surface area contributed by atoms with Crippen molar-refractivity contribution in [2.45, 2.75) is 11.7 Å². The summed E-state index contributed by atoms with van der Waals surface area (Å²) >= 11 is 0. The van der Waals surface area contributed by atoms with Crippen molar-refractivity contribution in [3.8, 4) is 11.5 Å². The molecular weight excluding hydrogens is 462 g/mol. The molecular formula is C28H21NO7. The van der Waals surface area contributed by atoms with Crippen molar-refractivity contribution in [1.82, 2.24) is 0 Å². The number of hydrogen-bond acceptors (Lipinski definition) is 7. The molecule has 8 heteroatoms. The van der Waals surface area contributed by atoms with Crippen molar-refractivity contribution in [3.05, 3.63) is 89.5 Å². The number of carbonyl (C=O) groups is 4. The normalized spacial score (nSPS) is 23.8. The third-order valence-corrected chi connectivity index (χ3v) is 7.27. The quantitative estimate of drug-likeness (QED) is 0.414. The molecule has 1 spiro atoms. The van der Waals surface area contributed by atoms with Gasteiger partial charge in [0.05, 0.1) is 37.8 Å². The van der Waals surface area contributed by atoms with Crippen LogP contribution >= 0.6 is 0 Å². The fourth-order valence-corrected chi connectivity index (χ4v) is 5.67. The Morgan fingerprint density at radius 2 is 1.42 bits per heavy atom. The number of imide groups is 1. The summed E-state index contributed by atoms with van der Waals surface area (Å²) in [4.78, 5) is 56.6. The highest BCUT2D eigenvalue weighted by Crippen LogP contribution is 2.58. The minimum atomic E-state index is -2.12. The summed E-state index contributed by atoms with van der Waals surface area (Å²) in [6.07, 6.45) is -0.968. The van der Waals surface area contributed by atoms with Crippen LogP contribution in [0.25, 0.3) is 0 Å². The summed E-state index contributed by atoms with van der Waals surface area (Å²) in [7, 11) is 2.91. The zero-order valence-electron chi connectivity index (χ0n) is 19.5. The Labute approximate surface area is 206 Å². The Bertz CT molecular complexity index is 1410. The van der Waals surface area contributed by atoms with E-state index in [9.17, 15) is 19.2 Å². The van der Waals surface area contributed by atoms with Crippen LogP contribution in [-0.4, -0.2) is 43.2 Å².